The van der Waals surface area contributed by atoms with Crippen LogP contribution in [-0.2, 0) is 23.3 Å². The van der Waals surface area contributed by atoms with Crippen LogP contribution >= 0.6 is 34.9 Å². The van der Waals surface area contributed by atoms with Crippen molar-refractivity contribution in [1.29, 1.82) is 0 Å². The average molecular weight is 460 g/mol. The maximum absolute atomic E-state index is 13.0. The number of hydrogen-bond acceptors (Lipinski definition) is 7. The maximum Gasteiger partial charge on any atom is 0.236 e. The zero-order valence-corrected chi connectivity index (χ0v) is 18.5. The summed E-state index contributed by atoms with van der Waals surface area (Å²) < 4.78 is 15.9. The molecule has 0 atom stereocenters. The van der Waals surface area contributed by atoms with Crippen molar-refractivity contribution in [2.24, 2.45) is 7.05 Å². The van der Waals surface area contributed by atoms with Crippen LogP contribution in [0, 0.1) is 5.82 Å². The van der Waals surface area contributed by atoms with Crippen molar-refractivity contribution < 1.29 is 9.18 Å². The van der Waals surface area contributed by atoms with Gasteiger partial charge in [0.15, 0.2) is 10.3 Å². The van der Waals surface area contributed by atoms with Gasteiger partial charge in [-0.1, -0.05) is 47.4 Å². The van der Waals surface area contributed by atoms with Gasteiger partial charge in [0.2, 0.25) is 5.91 Å². The number of benzene rings is 2. The summed E-state index contributed by atoms with van der Waals surface area (Å²) in [6.45, 7) is 0. The molecule has 6 nitrogen and oxygen atoms in total. The Kier molecular flexibility index (Phi) is 6.66. The number of anilines is 1. The highest BCUT2D eigenvalue weighted by atomic mass is 32.2. The summed E-state index contributed by atoms with van der Waals surface area (Å²) in [4.78, 5) is 16.7. The standard InChI is InChI=1S/C20H18FN5OS3/c1-26-17(11-28-10-13-6-8-14(21)9-7-13)24-25-20(26)29-12-18(27)23-19-22-15-4-2-3-5-16(15)30-19/h2-9H,10-12H2,1H3,(H,22,23,27). The van der Waals surface area contributed by atoms with Crippen molar-refractivity contribution >= 4 is 56.1 Å². The first-order chi connectivity index (χ1) is 14.6. The van der Waals surface area contributed by atoms with E-state index >= 15 is 0 Å². The lowest BCUT2D eigenvalue weighted by molar-refractivity contribution is -0.113. The first kappa shape index (κ1) is 20.8. The van der Waals surface area contributed by atoms with Crippen molar-refractivity contribution in [2.45, 2.75) is 16.7 Å². The van der Waals surface area contributed by atoms with Crippen LogP contribution in [0.5, 0.6) is 0 Å². The number of amides is 1. The molecule has 154 valence electrons. The number of nitrogens with zero attached hydrogens (tertiary/aromatic N) is 4. The van der Waals surface area contributed by atoms with Gasteiger partial charge in [-0.15, -0.1) is 22.0 Å². The molecule has 30 heavy (non-hydrogen) atoms. The Labute approximate surface area is 185 Å². The molecule has 0 unspecified atom stereocenters. The number of para-hydroxylation sites is 1. The Morgan fingerprint density at radius 3 is 2.73 bits per heavy atom. The topological polar surface area (TPSA) is 72.7 Å². The van der Waals surface area contributed by atoms with E-state index in [1.54, 1.807) is 23.9 Å². The zero-order chi connectivity index (χ0) is 20.9. The van der Waals surface area contributed by atoms with Gasteiger partial charge in [-0.25, -0.2) is 9.37 Å². The number of fused-ring (bicyclic) bond motifs is 1. The van der Waals surface area contributed by atoms with Gasteiger partial charge in [-0.3, -0.25) is 4.79 Å². The zero-order valence-electron chi connectivity index (χ0n) is 16.0. The highest BCUT2D eigenvalue weighted by Crippen LogP contribution is 2.26. The van der Waals surface area contributed by atoms with Crippen molar-refractivity contribution in [3.63, 3.8) is 0 Å². The Hall–Kier alpha value is -2.43. The van der Waals surface area contributed by atoms with E-state index in [0.717, 1.165) is 27.4 Å². The number of nitrogens with one attached hydrogen (secondary N) is 1. The number of carbonyl (C=O) groups is 1. The number of hydrogen-bond donors (Lipinski definition) is 1. The minimum atomic E-state index is -0.231. The third-order valence-electron chi connectivity index (χ3n) is 4.21. The molecule has 2 aromatic carbocycles. The van der Waals surface area contributed by atoms with E-state index in [0.29, 0.717) is 16.0 Å². The molecule has 1 N–H and O–H groups in total. The van der Waals surface area contributed by atoms with Gasteiger partial charge in [0, 0.05) is 12.8 Å². The molecule has 2 heterocycles. The fourth-order valence-corrected chi connectivity index (χ4v) is 5.22. The van der Waals surface area contributed by atoms with Crippen molar-refractivity contribution in [2.75, 3.05) is 11.1 Å². The van der Waals surface area contributed by atoms with Crippen LogP contribution in [0.15, 0.2) is 53.7 Å². The Morgan fingerprint density at radius 1 is 1.13 bits per heavy atom. The van der Waals surface area contributed by atoms with Gasteiger partial charge >= 0.3 is 0 Å². The predicted molar refractivity (Wildman–Crippen MR) is 121 cm³/mol. The van der Waals surface area contributed by atoms with Gasteiger partial charge < -0.3 is 9.88 Å². The number of carbonyl (C=O) groups excluding carboxylic acids is 1. The highest BCUT2D eigenvalue weighted by Gasteiger charge is 2.13. The molecule has 4 aromatic rings. The second-order valence-electron chi connectivity index (χ2n) is 6.40. The molecule has 10 heteroatoms. The number of aromatic nitrogens is 4. The molecule has 0 radical (unpaired) electrons. The van der Waals surface area contributed by atoms with Crippen molar-refractivity contribution in [1.82, 2.24) is 19.7 Å². The summed E-state index contributed by atoms with van der Waals surface area (Å²) in [6.07, 6.45) is 0. The third kappa shape index (κ3) is 5.18. The molecule has 0 aliphatic rings. The average Bonchev–Trinajstić information content (AvgIpc) is 3.31. The normalized spacial score (nSPS) is 11.1. The molecular weight excluding hydrogens is 441 g/mol. The van der Waals surface area contributed by atoms with Crippen LogP contribution < -0.4 is 5.32 Å². The summed E-state index contributed by atoms with van der Waals surface area (Å²) in [5, 5.41) is 12.5. The van der Waals surface area contributed by atoms with E-state index in [2.05, 4.69) is 20.5 Å². The van der Waals surface area contributed by atoms with E-state index in [4.69, 9.17) is 0 Å². The first-order valence-electron chi connectivity index (χ1n) is 9.07. The smallest absolute Gasteiger partial charge is 0.236 e. The van der Waals surface area contributed by atoms with Gasteiger partial charge in [0.1, 0.15) is 11.6 Å². The number of thioether (sulfide) groups is 2. The van der Waals surface area contributed by atoms with Gasteiger partial charge in [-0.2, -0.15) is 0 Å². The molecule has 0 spiro atoms. The summed E-state index contributed by atoms with van der Waals surface area (Å²) in [7, 11) is 1.89. The first-order valence-corrected chi connectivity index (χ1v) is 12.0. The van der Waals surface area contributed by atoms with Crippen molar-refractivity contribution in [3.8, 4) is 0 Å². The molecule has 0 aliphatic heterocycles. The Morgan fingerprint density at radius 2 is 1.93 bits per heavy atom. The minimum Gasteiger partial charge on any atom is -0.308 e. The van der Waals surface area contributed by atoms with Gasteiger partial charge in [0.25, 0.3) is 0 Å². The molecule has 4 rings (SSSR count). The van der Waals surface area contributed by atoms with E-state index in [9.17, 15) is 9.18 Å². The molecule has 0 bridgehead atoms. The van der Waals surface area contributed by atoms with Crippen LogP contribution in [0.3, 0.4) is 0 Å². The van der Waals surface area contributed by atoms with Crippen LogP contribution in [-0.4, -0.2) is 31.4 Å². The number of rotatable bonds is 8. The number of thiazole rings is 1. The molecule has 1 amide bonds. The SMILES string of the molecule is Cn1c(CSCc2ccc(F)cc2)nnc1SCC(=O)Nc1nc2ccccc2s1. The Bertz CT molecular complexity index is 1130. The largest absolute Gasteiger partial charge is 0.308 e. The fourth-order valence-electron chi connectivity index (χ4n) is 2.65. The second-order valence-corrected chi connectivity index (χ2v) is 9.36. The maximum atomic E-state index is 13.0. The summed E-state index contributed by atoms with van der Waals surface area (Å²) in [5.41, 5.74) is 1.94. The van der Waals surface area contributed by atoms with Crippen molar-refractivity contribution in [3.05, 3.63) is 65.7 Å². The van der Waals surface area contributed by atoms with E-state index in [1.165, 1.54) is 35.2 Å². The summed E-state index contributed by atoms with van der Waals surface area (Å²) in [5.74, 6) is 2.14. The summed E-state index contributed by atoms with van der Waals surface area (Å²) in [6, 6.07) is 14.3. The van der Waals surface area contributed by atoms with Crippen LogP contribution in [0.4, 0.5) is 9.52 Å². The molecule has 0 aliphatic carbocycles. The monoisotopic (exact) mass is 459 g/mol. The second kappa shape index (κ2) is 9.59. The van der Waals surface area contributed by atoms with E-state index in [1.807, 2.05) is 35.9 Å². The number of halogens is 1. The van der Waals surface area contributed by atoms with E-state index in [-0.39, 0.29) is 17.5 Å². The molecule has 0 saturated heterocycles. The molecule has 0 fully saturated rings. The summed E-state index contributed by atoms with van der Waals surface area (Å²) >= 11 is 4.47. The van der Waals surface area contributed by atoms with E-state index < -0.39 is 0 Å². The molecule has 0 saturated carbocycles. The fraction of sp³-hybridized carbons (Fsp3) is 0.200. The van der Waals surface area contributed by atoms with Crippen LogP contribution in [0.2, 0.25) is 0 Å². The quantitative estimate of drug-likeness (QED) is 0.384. The predicted octanol–water partition coefficient (Wildman–Crippen LogP) is 4.73. The molecule has 2 aromatic heterocycles. The Balaban J connectivity index is 1.27. The highest BCUT2D eigenvalue weighted by molar-refractivity contribution is 7.99. The lowest BCUT2D eigenvalue weighted by Gasteiger charge is -2.04. The lowest BCUT2D eigenvalue weighted by Crippen LogP contribution is -2.14. The minimum absolute atomic E-state index is 0.130. The third-order valence-corrected chi connectivity index (χ3v) is 7.18. The van der Waals surface area contributed by atoms with Gasteiger partial charge in [0.05, 0.1) is 21.7 Å². The lowest BCUT2D eigenvalue weighted by atomic mass is 10.2. The van der Waals surface area contributed by atoms with Gasteiger partial charge in [-0.05, 0) is 29.8 Å². The van der Waals surface area contributed by atoms with Crippen LogP contribution in [0.25, 0.3) is 10.2 Å². The molecular formula is C20H18FN5OS3. The van der Waals surface area contributed by atoms with Crippen LogP contribution in [0.1, 0.15) is 11.4 Å².